The molecule has 0 unspecified atom stereocenters. The van der Waals surface area contributed by atoms with Gasteiger partial charge in [0.25, 0.3) is 0 Å². The molecule has 0 atom stereocenters. The molecule has 0 amide bonds. The summed E-state index contributed by atoms with van der Waals surface area (Å²) in [5, 5.41) is 6.65. The fourth-order valence-electron chi connectivity index (χ4n) is 2.08. The fraction of sp³-hybridized carbons (Fsp3) is 0.588. The number of aliphatic imine (C=N–C) groups is 1. The van der Waals surface area contributed by atoms with E-state index in [0.717, 1.165) is 36.0 Å². The SMILES string of the molecule is CCOc1ccc(CNC(=NC)NCCCCSC)cc1OC. The van der Waals surface area contributed by atoms with Gasteiger partial charge < -0.3 is 20.1 Å². The molecule has 0 spiro atoms. The molecule has 1 rings (SSSR count). The molecule has 0 aliphatic rings. The standard InChI is InChI=1S/C17H29N3O2S/c1-5-22-15-9-8-14(12-16(15)21-3)13-20-17(18-2)19-10-6-7-11-23-4/h8-9,12H,5-7,10-11,13H2,1-4H3,(H2,18,19,20). The number of nitrogens with zero attached hydrogens (tertiary/aromatic N) is 1. The Kier molecular flexibility index (Phi) is 10.1. The summed E-state index contributed by atoms with van der Waals surface area (Å²) in [5.74, 6) is 3.56. The summed E-state index contributed by atoms with van der Waals surface area (Å²) in [6, 6.07) is 5.97. The van der Waals surface area contributed by atoms with Crippen molar-refractivity contribution < 1.29 is 9.47 Å². The normalized spacial score (nSPS) is 11.2. The Morgan fingerprint density at radius 3 is 2.70 bits per heavy atom. The first-order chi connectivity index (χ1) is 11.2. The van der Waals surface area contributed by atoms with Gasteiger partial charge >= 0.3 is 0 Å². The minimum atomic E-state index is 0.626. The lowest BCUT2D eigenvalue weighted by Gasteiger charge is -2.14. The molecule has 0 saturated carbocycles. The van der Waals surface area contributed by atoms with E-state index in [1.807, 2.05) is 36.9 Å². The van der Waals surface area contributed by atoms with Gasteiger partial charge in [0.15, 0.2) is 17.5 Å². The van der Waals surface area contributed by atoms with Crippen molar-refractivity contribution >= 4 is 17.7 Å². The van der Waals surface area contributed by atoms with E-state index in [9.17, 15) is 0 Å². The quantitative estimate of drug-likeness (QED) is 0.390. The Morgan fingerprint density at radius 1 is 1.22 bits per heavy atom. The van der Waals surface area contributed by atoms with E-state index in [4.69, 9.17) is 9.47 Å². The molecule has 0 saturated heterocycles. The molecule has 0 fully saturated rings. The van der Waals surface area contributed by atoms with Crippen molar-refractivity contribution in [2.75, 3.05) is 39.3 Å². The van der Waals surface area contributed by atoms with E-state index in [1.54, 1.807) is 14.2 Å². The summed E-state index contributed by atoms with van der Waals surface area (Å²) in [6.45, 7) is 4.21. The predicted molar refractivity (Wildman–Crippen MR) is 100.0 cm³/mol. The van der Waals surface area contributed by atoms with E-state index >= 15 is 0 Å². The van der Waals surface area contributed by atoms with Crippen molar-refractivity contribution in [2.45, 2.75) is 26.3 Å². The smallest absolute Gasteiger partial charge is 0.191 e. The molecule has 1 aromatic rings. The Bertz CT molecular complexity index is 481. The predicted octanol–water partition coefficient (Wildman–Crippen LogP) is 2.90. The maximum absolute atomic E-state index is 5.53. The van der Waals surface area contributed by atoms with Crippen molar-refractivity contribution in [3.8, 4) is 11.5 Å². The van der Waals surface area contributed by atoms with Crippen molar-refractivity contribution in [3.63, 3.8) is 0 Å². The second-order valence-electron chi connectivity index (χ2n) is 4.97. The Balaban J connectivity index is 2.46. The van der Waals surface area contributed by atoms with Crippen LogP contribution in [0.3, 0.4) is 0 Å². The summed E-state index contributed by atoms with van der Waals surface area (Å²) < 4.78 is 10.9. The number of benzene rings is 1. The number of methoxy groups -OCH3 is 1. The largest absolute Gasteiger partial charge is 0.493 e. The molecular formula is C17H29N3O2S. The number of hydrogen-bond acceptors (Lipinski definition) is 4. The lowest BCUT2D eigenvalue weighted by atomic mass is 10.2. The minimum absolute atomic E-state index is 0.626. The molecular weight excluding hydrogens is 310 g/mol. The molecule has 2 N–H and O–H groups in total. The van der Waals surface area contributed by atoms with Gasteiger partial charge in [0.2, 0.25) is 0 Å². The van der Waals surface area contributed by atoms with E-state index in [-0.39, 0.29) is 0 Å². The molecule has 5 nitrogen and oxygen atoms in total. The van der Waals surface area contributed by atoms with Crippen molar-refractivity contribution in [3.05, 3.63) is 23.8 Å². The number of hydrogen-bond donors (Lipinski definition) is 2. The molecule has 0 radical (unpaired) electrons. The summed E-state index contributed by atoms with van der Waals surface area (Å²) in [6.07, 6.45) is 4.51. The molecule has 0 aliphatic heterocycles. The fourth-order valence-corrected chi connectivity index (χ4v) is 2.57. The number of unbranched alkanes of at least 4 members (excludes halogenated alkanes) is 1. The number of guanidine groups is 1. The van der Waals surface area contributed by atoms with Crippen LogP contribution in [-0.2, 0) is 6.54 Å². The third-order valence-electron chi connectivity index (χ3n) is 3.28. The molecule has 6 heteroatoms. The molecule has 0 bridgehead atoms. The molecule has 0 heterocycles. The zero-order valence-electron chi connectivity index (χ0n) is 14.6. The monoisotopic (exact) mass is 339 g/mol. The van der Waals surface area contributed by atoms with E-state index in [2.05, 4.69) is 21.9 Å². The first-order valence-corrected chi connectivity index (χ1v) is 9.37. The second kappa shape index (κ2) is 11.9. The van der Waals surface area contributed by atoms with Crippen molar-refractivity contribution in [1.29, 1.82) is 0 Å². The van der Waals surface area contributed by atoms with Gasteiger partial charge in [-0.3, -0.25) is 4.99 Å². The maximum atomic E-state index is 5.53. The Labute approximate surface area is 144 Å². The number of thioether (sulfide) groups is 1. The van der Waals surface area contributed by atoms with Gasteiger partial charge in [-0.05, 0) is 49.5 Å². The summed E-state index contributed by atoms with van der Waals surface area (Å²) in [4.78, 5) is 4.24. The summed E-state index contributed by atoms with van der Waals surface area (Å²) >= 11 is 1.89. The van der Waals surface area contributed by atoms with Crippen LogP contribution in [0.15, 0.2) is 23.2 Å². The van der Waals surface area contributed by atoms with Gasteiger partial charge in [-0.2, -0.15) is 11.8 Å². The maximum Gasteiger partial charge on any atom is 0.191 e. The van der Waals surface area contributed by atoms with E-state index in [1.165, 1.54) is 12.2 Å². The van der Waals surface area contributed by atoms with Crippen LogP contribution in [-0.4, -0.2) is 45.3 Å². The van der Waals surface area contributed by atoms with Gasteiger partial charge in [-0.1, -0.05) is 6.07 Å². The molecule has 0 aliphatic carbocycles. The first-order valence-electron chi connectivity index (χ1n) is 7.98. The van der Waals surface area contributed by atoms with Gasteiger partial charge in [0.05, 0.1) is 13.7 Å². The Morgan fingerprint density at radius 2 is 2.04 bits per heavy atom. The molecule has 1 aromatic carbocycles. The van der Waals surface area contributed by atoms with Gasteiger partial charge in [-0.15, -0.1) is 0 Å². The van der Waals surface area contributed by atoms with Crippen LogP contribution >= 0.6 is 11.8 Å². The van der Waals surface area contributed by atoms with E-state index < -0.39 is 0 Å². The highest BCUT2D eigenvalue weighted by Gasteiger charge is 2.06. The first kappa shape index (κ1) is 19.5. The molecule has 23 heavy (non-hydrogen) atoms. The zero-order valence-corrected chi connectivity index (χ0v) is 15.5. The van der Waals surface area contributed by atoms with Crippen LogP contribution in [0.1, 0.15) is 25.3 Å². The number of nitrogens with one attached hydrogen (secondary N) is 2. The number of rotatable bonds is 10. The van der Waals surface area contributed by atoms with Crippen LogP contribution < -0.4 is 20.1 Å². The average Bonchev–Trinajstić information content (AvgIpc) is 2.58. The van der Waals surface area contributed by atoms with Crippen LogP contribution in [0.2, 0.25) is 0 Å². The molecule has 130 valence electrons. The van der Waals surface area contributed by atoms with Crippen LogP contribution in [0.4, 0.5) is 0 Å². The Hall–Kier alpha value is -1.56. The topological polar surface area (TPSA) is 54.9 Å². The van der Waals surface area contributed by atoms with Crippen molar-refractivity contribution in [2.24, 2.45) is 4.99 Å². The molecule has 0 aromatic heterocycles. The van der Waals surface area contributed by atoms with Crippen molar-refractivity contribution in [1.82, 2.24) is 10.6 Å². The lowest BCUT2D eigenvalue weighted by molar-refractivity contribution is 0.310. The summed E-state index contributed by atoms with van der Waals surface area (Å²) in [5.41, 5.74) is 1.12. The average molecular weight is 340 g/mol. The van der Waals surface area contributed by atoms with Gasteiger partial charge in [0.1, 0.15) is 0 Å². The minimum Gasteiger partial charge on any atom is -0.493 e. The highest BCUT2D eigenvalue weighted by molar-refractivity contribution is 7.98. The number of ether oxygens (including phenoxy) is 2. The third kappa shape index (κ3) is 7.50. The zero-order chi connectivity index (χ0) is 16.9. The highest BCUT2D eigenvalue weighted by Crippen LogP contribution is 2.27. The van der Waals surface area contributed by atoms with Crippen LogP contribution in [0.5, 0.6) is 11.5 Å². The van der Waals surface area contributed by atoms with Gasteiger partial charge in [0, 0.05) is 20.1 Å². The third-order valence-corrected chi connectivity index (χ3v) is 3.98. The van der Waals surface area contributed by atoms with Crippen LogP contribution in [0.25, 0.3) is 0 Å². The second-order valence-corrected chi connectivity index (χ2v) is 5.96. The summed E-state index contributed by atoms with van der Waals surface area (Å²) in [7, 11) is 3.44. The van der Waals surface area contributed by atoms with E-state index in [0.29, 0.717) is 13.2 Å². The lowest BCUT2D eigenvalue weighted by Crippen LogP contribution is -2.37. The van der Waals surface area contributed by atoms with Gasteiger partial charge in [-0.25, -0.2) is 0 Å². The highest BCUT2D eigenvalue weighted by atomic mass is 32.2. The van der Waals surface area contributed by atoms with Crippen LogP contribution in [0, 0.1) is 0 Å².